The predicted molar refractivity (Wildman–Crippen MR) is 236 cm³/mol. The van der Waals surface area contributed by atoms with E-state index in [1.807, 2.05) is 50.2 Å². The highest BCUT2D eigenvalue weighted by Crippen LogP contribution is 2.39. The van der Waals surface area contributed by atoms with E-state index >= 15 is 0 Å². The van der Waals surface area contributed by atoms with Gasteiger partial charge in [0.05, 0.1) is 28.9 Å². The number of aliphatic hydroxyl groups is 1. The van der Waals surface area contributed by atoms with Crippen molar-refractivity contribution in [1.29, 1.82) is 0 Å². The first-order valence-corrected chi connectivity index (χ1v) is 21.6. The molecule has 2 fully saturated rings. The number of cyclic esters (lactones) is 1. The molecular formula is C45H46N10O8S. The van der Waals surface area contributed by atoms with E-state index in [9.17, 15) is 29.1 Å². The average molecular weight is 887 g/mol. The van der Waals surface area contributed by atoms with Crippen LogP contribution in [0.25, 0.3) is 11.5 Å². The number of aliphatic hydroxyl groups excluding tert-OH is 1. The summed E-state index contributed by atoms with van der Waals surface area (Å²) in [6.07, 6.45) is 4.00. The molecule has 0 spiro atoms. The highest BCUT2D eigenvalue weighted by Gasteiger charge is 2.46. The lowest BCUT2D eigenvalue weighted by molar-refractivity contribution is -0.136. The van der Waals surface area contributed by atoms with E-state index in [-0.39, 0.29) is 54.2 Å². The smallest absolute Gasteiger partial charge is 0.339 e. The molecule has 2 aromatic heterocycles. The molecule has 4 amide bonds. The normalized spacial score (nSPS) is 19.5. The lowest BCUT2D eigenvalue weighted by atomic mass is 9.95. The number of esters is 1. The Morgan fingerprint density at radius 2 is 1.73 bits per heavy atom. The molecule has 4 aliphatic rings. The summed E-state index contributed by atoms with van der Waals surface area (Å²) in [5, 5.41) is 31.4. The molecule has 0 saturated carbocycles. The molecule has 64 heavy (non-hydrogen) atoms. The van der Waals surface area contributed by atoms with Crippen LogP contribution in [0.2, 0.25) is 0 Å². The van der Waals surface area contributed by atoms with E-state index < -0.39 is 40.1 Å². The lowest BCUT2D eigenvalue weighted by Gasteiger charge is -2.32. The van der Waals surface area contributed by atoms with Crippen LogP contribution in [0, 0.1) is 5.92 Å². The second kappa shape index (κ2) is 17.1. The van der Waals surface area contributed by atoms with Crippen molar-refractivity contribution in [3.63, 3.8) is 0 Å². The van der Waals surface area contributed by atoms with Gasteiger partial charge in [-0.2, -0.15) is 4.98 Å². The van der Waals surface area contributed by atoms with Crippen molar-refractivity contribution in [3.8, 4) is 11.5 Å². The summed E-state index contributed by atoms with van der Waals surface area (Å²) >= 11 is 4.86. The first kappa shape index (κ1) is 42.6. The Hall–Kier alpha value is -6.70. The third-order valence-electron chi connectivity index (χ3n) is 12.2. The van der Waals surface area contributed by atoms with Gasteiger partial charge < -0.3 is 35.1 Å². The maximum Gasteiger partial charge on any atom is 0.339 e. The summed E-state index contributed by atoms with van der Waals surface area (Å²) in [6.45, 7) is 6.20. The van der Waals surface area contributed by atoms with Crippen LogP contribution in [0.15, 0.2) is 77.3 Å². The fourth-order valence-electron chi connectivity index (χ4n) is 8.62. The molecule has 3 aromatic carbocycles. The molecule has 5 aromatic rings. The number of carbonyl (C=O) groups is 5. The Labute approximate surface area is 373 Å². The number of benzene rings is 3. The molecule has 330 valence electrons. The number of anilines is 4. The highest BCUT2D eigenvalue weighted by molar-refractivity contribution is 7.81. The van der Waals surface area contributed by atoms with Crippen LogP contribution in [-0.2, 0) is 31.2 Å². The Morgan fingerprint density at radius 3 is 2.50 bits per heavy atom. The fraction of sp³-hybridized carbons (Fsp3) is 0.356. The first-order valence-electron chi connectivity index (χ1n) is 21.1. The van der Waals surface area contributed by atoms with Gasteiger partial charge in [-0.25, -0.2) is 9.78 Å². The molecule has 6 heterocycles. The number of piperidine rings is 2. The Kier molecular flexibility index (Phi) is 11.4. The van der Waals surface area contributed by atoms with Gasteiger partial charge in [0.1, 0.15) is 22.3 Å². The van der Waals surface area contributed by atoms with Gasteiger partial charge in [-0.3, -0.25) is 29.4 Å². The van der Waals surface area contributed by atoms with Crippen LogP contribution >= 0.6 is 12.6 Å². The van der Waals surface area contributed by atoms with Crippen LogP contribution in [0.1, 0.15) is 87.6 Å². The van der Waals surface area contributed by atoms with Crippen LogP contribution < -0.4 is 21.3 Å². The van der Waals surface area contributed by atoms with Gasteiger partial charge >= 0.3 is 5.97 Å². The summed E-state index contributed by atoms with van der Waals surface area (Å²) in [5.74, 6) is -1.09. The number of imide groups is 2. The second-order valence-electron chi connectivity index (χ2n) is 16.8. The molecule has 4 aliphatic heterocycles. The minimum Gasteiger partial charge on any atom is -0.451 e. The van der Waals surface area contributed by atoms with Crippen molar-refractivity contribution >= 4 is 65.4 Å². The number of likely N-dealkylation sites (tertiary alicyclic amines) is 1. The largest absolute Gasteiger partial charge is 0.451 e. The minimum atomic E-state index is -1.25. The van der Waals surface area contributed by atoms with Crippen molar-refractivity contribution in [3.05, 3.63) is 107 Å². The lowest BCUT2D eigenvalue weighted by Crippen LogP contribution is -2.54. The van der Waals surface area contributed by atoms with E-state index in [1.54, 1.807) is 36.5 Å². The molecule has 2 atom stereocenters. The summed E-state index contributed by atoms with van der Waals surface area (Å²) in [5.41, 5.74) is 3.22. The van der Waals surface area contributed by atoms with Crippen LogP contribution in [-0.4, -0.2) is 103 Å². The van der Waals surface area contributed by atoms with Crippen molar-refractivity contribution in [2.24, 2.45) is 5.92 Å². The topological polar surface area (TPSA) is 234 Å². The summed E-state index contributed by atoms with van der Waals surface area (Å²) in [4.78, 5) is 74.8. The SMILES string of the molecule is CC1(C)OC(=O)c2ccc(Nc3ncc(-c4nnc(CCN5CCC(CNc6cccc7c6C(=O)N(C6CCC(=O)NC6=O)C7=O)CC5)o4)c(N[C@@](S)(CO)c4ccccc4)n3)cc21. The predicted octanol–water partition coefficient (Wildman–Crippen LogP) is 4.63. The molecule has 5 N–H and O–H groups in total. The van der Waals surface area contributed by atoms with Gasteiger partial charge in [0.15, 0.2) is 0 Å². The molecular weight excluding hydrogens is 841 g/mol. The van der Waals surface area contributed by atoms with Gasteiger partial charge in [-0.15, -0.1) is 22.8 Å². The molecule has 9 rings (SSSR count). The Balaban J connectivity index is 0.839. The number of fused-ring (bicyclic) bond motifs is 2. The van der Waals surface area contributed by atoms with Gasteiger partial charge in [0.2, 0.25) is 23.7 Å². The van der Waals surface area contributed by atoms with Crippen molar-refractivity contribution in [2.75, 3.05) is 48.7 Å². The molecule has 18 nitrogen and oxygen atoms in total. The Morgan fingerprint density at radius 1 is 0.938 bits per heavy atom. The molecule has 19 heteroatoms. The quantitative estimate of drug-likeness (QED) is 0.0386. The number of hydrogen-bond acceptors (Lipinski definition) is 17. The maximum atomic E-state index is 13.5. The Bertz CT molecular complexity index is 2670. The highest BCUT2D eigenvalue weighted by atomic mass is 32.1. The summed E-state index contributed by atoms with van der Waals surface area (Å²) in [7, 11) is 0. The van der Waals surface area contributed by atoms with Crippen molar-refractivity contribution < 1.29 is 38.2 Å². The van der Waals surface area contributed by atoms with Gasteiger partial charge in [-0.1, -0.05) is 36.4 Å². The van der Waals surface area contributed by atoms with E-state index in [2.05, 4.69) is 41.3 Å². The number of carbonyl (C=O) groups excluding carboxylic acids is 5. The molecule has 0 radical (unpaired) electrons. The maximum absolute atomic E-state index is 13.5. The first-order chi connectivity index (χ1) is 30.8. The standard InChI is InChI=1S/C45H46N10O8S/c1-44(2)31-21-27(11-12-28(31)42(61)63-44)48-43-47-23-30(37(50-43)51-45(64,24-56)26-7-4-3-5-8-26)39-53-52-35(62-39)17-20-54-18-15-25(16-19-54)22-46-32-10-6-9-29-36(32)41(60)55(40(29)59)33-13-14-34(57)49-38(33)58/h3-12,21,23,25,33,46,56,64H,13-20,22,24H2,1-2H3,(H,49,57,58)(H2,47,48,50,51)/t33?,45-/m1/s1. The van der Waals surface area contributed by atoms with Crippen LogP contribution in [0.4, 0.5) is 23.1 Å². The number of nitrogens with one attached hydrogen (secondary N) is 4. The van der Waals surface area contributed by atoms with Crippen LogP contribution in [0.5, 0.6) is 0 Å². The zero-order valence-corrected chi connectivity index (χ0v) is 36.0. The average Bonchev–Trinajstić information content (AvgIpc) is 3.93. The van der Waals surface area contributed by atoms with Crippen molar-refractivity contribution in [2.45, 2.75) is 62.5 Å². The monoisotopic (exact) mass is 886 g/mol. The number of nitrogens with zero attached hydrogens (tertiary/aromatic N) is 6. The minimum absolute atomic E-state index is 0.0590. The number of amides is 4. The van der Waals surface area contributed by atoms with E-state index in [0.29, 0.717) is 59.4 Å². The number of aromatic nitrogens is 4. The third-order valence-corrected chi connectivity index (χ3v) is 12.7. The summed E-state index contributed by atoms with van der Waals surface area (Å²) in [6, 6.07) is 18.6. The number of rotatable bonds is 14. The molecule has 0 aliphatic carbocycles. The number of ether oxygens (including phenoxy) is 1. The molecule has 1 unspecified atom stereocenters. The van der Waals surface area contributed by atoms with E-state index in [1.165, 1.54) is 0 Å². The third kappa shape index (κ3) is 8.28. The van der Waals surface area contributed by atoms with Gasteiger partial charge in [0.25, 0.3) is 17.7 Å². The van der Waals surface area contributed by atoms with Crippen LogP contribution in [0.3, 0.4) is 0 Å². The molecule has 0 bridgehead atoms. The number of hydrogen-bond donors (Lipinski definition) is 6. The van der Waals surface area contributed by atoms with Crippen molar-refractivity contribution in [1.82, 2.24) is 35.3 Å². The second-order valence-corrected chi connectivity index (χ2v) is 17.6. The molecule has 2 saturated heterocycles. The van der Waals surface area contributed by atoms with Gasteiger partial charge in [0, 0.05) is 49.1 Å². The van der Waals surface area contributed by atoms with E-state index in [4.69, 9.17) is 26.8 Å². The van der Waals surface area contributed by atoms with E-state index in [0.717, 1.165) is 36.4 Å². The zero-order valence-electron chi connectivity index (χ0n) is 35.1. The van der Waals surface area contributed by atoms with Gasteiger partial charge in [-0.05, 0) is 88.0 Å². The fourth-order valence-corrected chi connectivity index (χ4v) is 8.88. The summed E-state index contributed by atoms with van der Waals surface area (Å²) < 4.78 is 11.7. The zero-order chi connectivity index (χ0) is 44.8. The number of thiol groups is 1.